The van der Waals surface area contributed by atoms with Crippen molar-refractivity contribution in [2.24, 2.45) is 0 Å². The maximum atomic E-state index is 10.9. The third kappa shape index (κ3) is 2.65. The monoisotopic (exact) mass is 303 g/mol. The van der Waals surface area contributed by atoms with Gasteiger partial charge in [0, 0.05) is 12.6 Å². The lowest BCUT2D eigenvalue weighted by molar-refractivity contribution is 0.152. The number of aliphatic hydroxyl groups excluding tert-OH is 1. The molecule has 0 bridgehead atoms. The van der Waals surface area contributed by atoms with Gasteiger partial charge in [0.15, 0.2) is 0 Å². The van der Waals surface area contributed by atoms with E-state index in [-0.39, 0.29) is 6.04 Å². The first kappa shape index (κ1) is 14.4. The van der Waals surface area contributed by atoms with Crippen LogP contribution in [0.2, 0.25) is 0 Å². The Bertz CT molecular complexity index is 809. The number of rotatable bonds is 4. The predicted molar refractivity (Wildman–Crippen MR) is 94.3 cm³/mol. The van der Waals surface area contributed by atoms with Crippen LogP contribution in [0.5, 0.6) is 0 Å². The summed E-state index contributed by atoms with van der Waals surface area (Å²) >= 11 is 0. The minimum absolute atomic E-state index is 0.205. The van der Waals surface area contributed by atoms with Crippen LogP contribution >= 0.6 is 0 Å². The zero-order valence-corrected chi connectivity index (χ0v) is 13.3. The van der Waals surface area contributed by atoms with Crippen LogP contribution in [0.25, 0.3) is 10.8 Å². The van der Waals surface area contributed by atoms with Gasteiger partial charge in [0.2, 0.25) is 0 Å². The van der Waals surface area contributed by atoms with E-state index >= 15 is 0 Å². The maximum Gasteiger partial charge on any atom is 0.0963 e. The van der Waals surface area contributed by atoms with Crippen molar-refractivity contribution in [1.29, 1.82) is 0 Å². The minimum atomic E-state index is -0.438. The average molecular weight is 303 g/mol. The molecule has 0 aliphatic carbocycles. The second-order valence-electron chi connectivity index (χ2n) is 6.36. The highest BCUT2D eigenvalue weighted by Gasteiger charge is 2.43. The fraction of sp³-hybridized carbons (Fsp3) is 0.238. The zero-order valence-electron chi connectivity index (χ0n) is 13.3. The Balaban J connectivity index is 1.58. The molecule has 2 nitrogen and oxygen atoms in total. The Kier molecular flexibility index (Phi) is 3.64. The van der Waals surface area contributed by atoms with E-state index in [1.165, 1.54) is 10.9 Å². The fourth-order valence-electron chi connectivity index (χ4n) is 3.53. The highest BCUT2D eigenvalue weighted by atomic mass is 16.3. The summed E-state index contributed by atoms with van der Waals surface area (Å²) in [5, 5.41) is 13.2. The quantitative estimate of drug-likeness (QED) is 0.726. The highest BCUT2D eigenvalue weighted by Crippen LogP contribution is 2.40. The summed E-state index contributed by atoms with van der Waals surface area (Å²) in [6, 6.07) is 25.5. The SMILES string of the molecule is C[C@@H](c1ccccc1)N1C[C@@H]1[C@H](O)c1cccc2ccccc12. The number of fused-ring (bicyclic) bond motifs is 1. The van der Waals surface area contributed by atoms with Crippen LogP contribution < -0.4 is 0 Å². The standard InChI is InChI=1S/C21H21NO/c1-15(16-8-3-2-4-9-16)22-14-20(22)21(23)19-13-7-11-17-10-5-6-12-18(17)19/h2-13,15,20-21,23H,14H2,1H3/t15-,20+,21+,22?/m0/s1. The zero-order chi connectivity index (χ0) is 15.8. The van der Waals surface area contributed by atoms with Crippen molar-refractivity contribution in [3.05, 3.63) is 83.9 Å². The van der Waals surface area contributed by atoms with Crippen LogP contribution in [-0.2, 0) is 0 Å². The van der Waals surface area contributed by atoms with Gasteiger partial charge in [0.05, 0.1) is 12.1 Å². The van der Waals surface area contributed by atoms with Crippen LogP contribution in [0.3, 0.4) is 0 Å². The molecule has 4 atom stereocenters. The van der Waals surface area contributed by atoms with Gasteiger partial charge in [-0.15, -0.1) is 0 Å². The van der Waals surface area contributed by atoms with E-state index in [1.807, 2.05) is 24.3 Å². The van der Waals surface area contributed by atoms with E-state index in [9.17, 15) is 5.11 Å². The predicted octanol–water partition coefficient (Wildman–Crippen LogP) is 4.32. The van der Waals surface area contributed by atoms with Crippen molar-refractivity contribution in [3.63, 3.8) is 0 Å². The number of aliphatic hydroxyl groups is 1. The molecular weight excluding hydrogens is 282 g/mol. The van der Waals surface area contributed by atoms with Crippen LogP contribution in [0.1, 0.15) is 30.2 Å². The normalized spacial score (nSPS) is 22.7. The third-order valence-corrected chi connectivity index (χ3v) is 4.98. The highest BCUT2D eigenvalue weighted by molar-refractivity contribution is 5.86. The molecule has 0 aromatic heterocycles. The van der Waals surface area contributed by atoms with Crippen LogP contribution in [0.15, 0.2) is 72.8 Å². The first-order valence-electron chi connectivity index (χ1n) is 8.22. The molecule has 1 aliphatic rings. The van der Waals surface area contributed by atoms with Crippen LogP contribution in [-0.4, -0.2) is 22.6 Å². The molecule has 23 heavy (non-hydrogen) atoms. The number of nitrogens with zero attached hydrogens (tertiary/aromatic N) is 1. The van der Waals surface area contributed by atoms with Gasteiger partial charge in [0.25, 0.3) is 0 Å². The third-order valence-electron chi connectivity index (χ3n) is 4.98. The van der Waals surface area contributed by atoms with Gasteiger partial charge in [-0.05, 0) is 28.8 Å². The molecule has 1 unspecified atom stereocenters. The summed E-state index contributed by atoms with van der Waals surface area (Å²) in [5.41, 5.74) is 2.34. The molecule has 2 heteroatoms. The summed E-state index contributed by atoms with van der Waals surface area (Å²) in [6.07, 6.45) is -0.438. The molecule has 1 saturated heterocycles. The second-order valence-corrected chi connectivity index (χ2v) is 6.36. The van der Waals surface area contributed by atoms with E-state index in [2.05, 4.69) is 60.4 Å². The maximum absolute atomic E-state index is 10.9. The Morgan fingerprint density at radius 2 is 1.61 bits per heavy atom. The van der Waals surface area contributed by atoms with Gasteiger partial charge in [-0.1, -0.05) is 72.8 Å². The smallest absolute Gasteiger partial charge is 0.0963 e. The van der Waals surface area contributed by atoms with Gasteiger partial charge in [-0.2, -0.15) is 0 Å². The average Bonchev–Trinajstić information content (AvgIpc) is 3.41. The molecular formula is C21H21NO. The number of hydrogen-bond donors (Lipinski definition) is 1. The van der Waals surface area contributed by atoms with Crippen molar-refractivity contribution in [2.45, 2.75) is 25.1 Å². The Labute approximate surface area is 137 Å². The van der Waals surface area contributed by atoms with Gasteiger partial charge in [-0.25, -0.2) is 0 Å². The van der Waals surface area contributed by atoms with E-state index in [0.717, 1.165) is 17.5 Å². The Morgan fingerprint density at radius 1 is 0.913 bits per heavy atom. The summed E-state index contributed by atoms with van der Waals surface area (Å²) in [7, 11) is 0. The molecule has 0 saturated carbocycles. The first-order valence-corrected chi connectivity index (χ1v) is 8.22. The molecule has 4 rings (SSSR count). The molecule has 0 amide bonds. The van der Waals surface area contributed by atoms with Crippen molar-refractivity contribution in [1.82, 2.24) is 4.90 Å². The molecule has 1 fully saturated rings. The molecule has 3 aromatic carbocycles. The number of hydrogen-bond acceptors (Lipinski definition) is 2. The summed E-state index contributed by atoms with van der Waals surface area (Å²) in [5.74, 6) is 0. The van der Waals surface area contributed by atoms with Crippen molar-refractivity contribution in [3.8, 4) is 0 Å². The first-order chi connectivity index (χ1) is 11.3. The lowest BCUT2D eigenvalue weighted by Crippen LogP contribution is -2.14. The van der Waals surface area contributed by atoms with Crippen LogP contribution in [0, 0.1) is 0 Å². The Hall–Kier alpha value is -2.16. The van der Waals surface area contributed by atoms with E-state index in [0.29, 0.717) is 6.04 Å². The molecule has 116 valence electrons. The summed E-state index contributed by atoms with van der Waals surface area (Å²) in [6.45, 7) is 3.16. The second kappa shape index (κ2) is 5.80. The topological polar surface area (TPSA) is 23.2 Å². The van der Waals surface area contributed by atoms with E-state index in [1.54, 1.807) is 0 Å². The van der Waals surface area contributed by atoms with Crippen molar-refractivity contribution < 1.29 is 5.11 Å². The van der Waals surface area contributed by atoms with Gasteiger partial charge >= 0.3 is 0 Å². The lowest BCUT2D eigenvalue weighted by atomic mass is 9.98. The van der Waals surface area contributed by atoms with Crippen molar-refractivity contribution >= 4 is 10.8 Å². The van der Waals surface area contributed by atoms with E-state index in [4.69, 9.17) is 0 Å². The molecule has 0 radical (unpaired) electrons. The van der Waals surface area contributed by atoms with Gasteiger partial charge in [0.1, 0.15) is 0 Å². The van der Waals surface area contributed by atoms with E-state index < -0.39 is 6.10 Å². The Morgan fingerprint density at radius 3 is 2.43 bits per heavy atom. The summed E-state index contributed by atoms with van der Waals surface area (Å²) < 4.78 is 0. The molecule has 1 N–H and O–H groups in total. The lowest BCUT2D eigenvalue weighted by Gasteiger charge is -2.18. The van der Waals surface area contributed by atoms with Crippen molar-refractivity contribution in [2.75, 3.05) is 6.54 Å². The van der Waals surface area contributed by atoms with Gasteiger partial charge in [-0.3, -0.25) is 4.90 Å². The molecule has 3 aromatic rings. The van der Waals surface area contributed by atoms with Crippen LogP contribution in [0.4, 0.5) is 0 Å². The summed E-state index contributed by atoms with van der Waals surface area (Å²) in [4.78, 5) is 2.36. The number of benzene rings is 3. The molecule has 1 heterocycles. The molecule has 0 spiro atoms. The minimum Gasteiger partial charge on any atom is -0.387 e. The largest absolute Gasteiger partial charge is 0.387 e. The van der Waals surface area contributed by atoms with Gasteiger partial charge < -0.3 is 5.11 Å². The molecule has 1 aliphatic heterocycles. The fourth-order valence-corrected chi connectivity index (χ4v) is 3.53.